The maximum absolute atomic E-state index is 6.68. The Kier molecular flexibility index (Phi) is 8.06. The van der Waals surface area contributed by atoms with Gasteiger partial charge < -0.3 is 4.74 Å². The lowest BCUT2D eigenvalue weighted by atomic mass is 9.94. The molecule has 0 bridgehead atoms. The van der Waals surface area contributed by atoms with Crippen molar-refractivity contribution in [2.24, 2.45) is 11.8 Å². The molecular formula is C26H34O. The Morgan fingerprint density at radius 2 is 1.15 bits per heavy atom. The number of hydrogen-bond donors (Lipinski definition) is 0. The van der Waals surface area contributed by atoms with Gasteiger partial charge in [0.2, 0.25) is 0 Å². The summed E-state index contributed by atoms with van der Waals surface area (Å²) in [6.45, 7) is 16.8. The topological polar surface area (TPSA) is 9.23 Å². The predicted octanol–water partition coefficient (Wildman–Crippen LogP) is 6.82. The molecule has 144 valence electrons. The first-order chi connectivity index (χ1) is 12.9. The summed E-state index contributed by atoms with van der Waals surface area (Å²) in [7, 11) is 0. The maximum atomic E-state index is 6.68. The molecule has 2 atom stereocenters. The largest absolute Gasteiger partial charge is 0.374 e. The Balaban J connectivity index is 2.14. The third kappa shape index (κ3) is 6.52. The Bertz CT molecular complexity index is 678. The van der Waals surface area contributed by atoms with Crippen LogP contribution in [0.3, 0.4) is 0 Å². The first kappa shape index (κ1) is 21.2. The smallest absolute Gasteiger partial charge is 0.0642 e. The number of benzene rings is 2. The molecule has 1 heteroatoms. The van der Waals surface area contributed by atoms with Gasteiger partial charge in [-0.1, -0.05) is 102 Å². The first-order valence-electron chi connectivity index (χ1n) is 10.0. The standard InChI is InChI=1S/C26H34O/c1-7-21-11-9-13-23(15-21)17-25(19(3)4)27-26(20(5)6)18-24-14-10-12-22(8-2)16-24/h7-16,19-20,25-26H,1-2,17-18H2,3-6H3. The molecule has 2 aromatic rings. The van der Waals surface area contributed by atoms with Gasteiger partial charge in [-0.05, 0) is 46.9 Å². The molecule has 1 nitrogen and oxygen atoms in total. The molecule has 0 aliphatic rings. The molecule has 0 N–H and O–H groups in total. The van der Waals surface area contributed by atoms with Crippen molar-refractivity contribution in [1.82, 2.24) is 0 Å². The van der Waals surface area contributed by atoms with Gasteiger partial charge in [0.1, 0.15) is 0 Å². The van der Waals surface area contributed by atoms with Crippen LogP contribution >= 0.6 is 0 Å². The van der Waals surface area contributed by atoms with Gasteiger partial charge in [-0.2, -0.15) is 0 Å². The van der Waals surface area contributed by atoms with Crippen LogP contribution in [0.5, 0.6) is 0 Å². The molecule has 0 fully saturated rings. The molecule has 0 heterocycles. The monoisotopic (exact) mass is 362 g/mol. The Morgan fingerprint density at radius 3 is 1.48 bits per heavy atom. The quantitative estimate of drug-likeness (QED) is 0.450. The Morgan fingerprint density at radius 1 is 0.741 bits per heavy atom. The SMILES string of the molecule is C=Cc1cccc(CC(OC(Cc2cccc(C=C)c2)C(C)C)C(C)C)c1. The van der Waals surface area contributed by atoms with E-state index in [9.17, 15) is 0 Å². The van der Waals surface area contributed by atoms with Crippen LogP contribution in [0.25, 0.3) is 12.2 Å². The second-order valence-corrected chi connectivity index (χ2v) is 8.01. The summed E-state index contributed by atoms with van der Waals surface area (Å²) in [5.41, 5.74) is 4.94. The van der Waals surface area contributed by atoms with Crippen molar-refractivity contribution in [3.8, 4) is 0 Å². The van der Waals surface area contributed by atoms with Crippen molar-refractivity contribution < 1.29 is 4.74 Å². The molecule has 0 saturated carbocycles. The average Bonchev–Trinajstić information content (AvgIpc) is 2.66. The summed E-state index contributed by atoms with van der Waals surface area (Å²) in [5, 5.41) is 0. The highest BCUT2D eigenvalue weighted by atomic mass is 16.5. The molecule has 0 saturated heterocycles. The molecule has 2 aromatic carbocycles. The molecule has 0 aliphatic heterocycles. The van der Waals surface area contributed by atoms with E-state index in [-0.39, 0.29) is 12.2 Å². The van der Waals surface area contributed by atoms with Crippen LogP contribution in [0.2, 0.25) is 0 Å². The average molecular weight is 363 g/mol. The number of ether oxygens (including phenoxy) is 1. The van der Waals surface area contributed by atoms with E-state index in [2.05, 4.69) is 89.4 Å². The summed E-state index contributed by atoms with van der Waals surface area (Å²) < 4.78 is 6.68. The lowest BCUT2D eigenvalue weighted by Gasteiger charge is -2.30. The predicted molar refractivity (Wildman–Crippen MR) is 119 cm³/mol. The van der Waals surface area contributed by atoms with Gasteiger partial charge in [0.15, 0.2) is 0 Å². The van der Waals surface area contributed by atoms with Gasteiger partial charge in [-0.3, -0.25) is 0 Å². The van der Waals surface area contributed by atoms with E-state index in [0.29, 0.717) is 11.8 Å². The third-order valence-corrected chi connectivity index (χ3v) is 5.08. The van der Waals surface area contributed by atoms with E-state index in [1.54, 1.807) is 0 Å². The van der Waals surface area contributed by atoms with Crippen LogP contribution in [-0.4, -0.2) is 12.2 Å². The highest BCUT2D eigenvalue weighted by molar-refractivity contribution is 5.48. The van der Waals surface area contributed by atoms with E-state index >= 15 is 0 Å². The van der Waals surface area contributed by atoms with Crippen LogP contribution in [0.4, 0.5) is 0 Å². The summed E-state index contributed by atoms with van der Waals surface area (Å²) >= 11 is 0. The molecule has 0 aromatic heterocycles. The Hall–Kier alpha value is -2.12. The van der Waals surface area contributed by atoms with Crippen LogP contribution in [0.1, 0.15) is 49.9 Å². The van der Waals surface area contributed by atoms with Crippen molar-refractivity contribution in [3.63, 3.8) is 0 Å². The third-order valence-electron chi connectivity index (χ3n) is 5.08. The molecule has 0 spiro atoms. The van der Waals surface area contributed by atoms with Gasteiger partial charge in [0.25, 0.3) is 0 Å². The van der Waals surface area contributed by atoms with Crippen LogP contribution in [-0.2, 0) is 17.6 Å². The van der Waals surface area contributed by atoms with Gasteiger partial charge in [0.05, 0.1) is 12.2 Å². The zero-order chi connectivity index (χ0) is 19.8. The van der Waals surface area contributed by atoms with Gasteiger partial charge in [-0.25, -0.2) is 0 Å². The summed E-state index contributed by atoms with van der Waals surface area (Å²) in [6, 6.07) is 17.2. The zero-order valence-corrected chi connectivity index (χ0v) is 17.3. The van der Waals surface area contributed by atoms with Gasteiger partial charge >= 0.3 is 0 Å². The lowest BCUT2D eigenvalue weighted by Crippen LogP contribution is -2.33. The lowest BCUT2D eigenvalue weighted by molar-refractivity contribution is -0.0552. The number of hydrogen-bond acceptors (Lipinski definition) is 1. The second kappa shape index (κ2) is 10.3. The van der Waals surface area contributed by atoms with E-state index in [4.69, 9.17) is 4.74 Å². The van der Waals surface area contributed by atoms with E-state index < -0.39 is 0 Å². The first-order valence-corrected chi connectivity index (χ1v) is 10.0. The van der Waals surface area contributed by atoms with Crippen molar-refractivity contribution in [2.45, 2.75) is 52.7 Å². The maximum Gasteiger partial charge on any atom is 0.0642 e. The molecular weight excluding hydrogens is 328 g/mol. The highest BCUT2D eigenvalue weighted by Crippen LogP contribution is 2.22. The molecule has 27 heavy (non-hydrogen) atoms. The highest BCUT2D eigenvalue weighted by Gasteiger charge is 2.23. The summed E-state index contributed by atoms with van der Waals surface area (Å²) in [6.07, 6.45) is 6.04. The molecule has 0 radical (unpaired) electrons. The van der Waals surface area contributed by atoms with E-state index in [1.165, 1.54) is 11.1 Å². The van der Waals surface area contributed by atoms with Crippen LogP contribution in [0, 0.1) is 11.8 Å². The number of rotatable bonds is 10. The van der Waals surface area contributed by atoms with Crippen molar-refractivity contribution >= 4 is 12.2 Å². The molecule has 2 rings (SSSR count). The second-order valence-electron chi connectivity index (χ2n) is 8.01. The zero-order valence-electron chi connectivity index (χ0n) is 17.3. The molecule has 0 aliphatic carbocycles. The van der Waals surface area contributed by atoms with E-state index in [0.717, 1.165) is 24.0 Å². The van der Waals surface area contributed by atoms with Gasteiger partial charge in [0, 0.05) is 0 Å². The van der Waals surface area contributed by atoms with Crippen LogP contribution in [0.15, 0.2) is 61.7 Å². The molecule has 2 unspecified atom stereocenters. The summed E-state index contributed by atoms with van der Waals surface area (Å²) in [4.78, 5) is 0. The van der Waals surface area contributed by atoms with Crippen molar-refractivity contribution in [1.29, 1.82) is 0 Å². The van der Waals surface area contributed by atoms with Crippen LogP contribution < -0.4 is 0 Å². The molecule has 0 amide bonds. The minimum Gasteiger partial charge on any atom is -0.374 e. The fourth-order valence-electron chi connectivity index (χ4n) is 3.27. The Labute approximate surface area is 165 Å². The minimum absolute atomic E-state index is 0.194. The van der Waals surface area contributed by atoms with Crippen molar-refractivity contribution in [3.05, 3.63) is 83.9 Å². The minimum atomic E-state index is 0.194. The van der Waals surface area contributed by atoms with E-state index in [1.807, 2.05) is 12.2 Å². The fraction of sp³-hybridized carbons (Fsp3) is 0.385. The van der Waals surface area contributed by atoms with Crippen molar-refractivity contribution in [2.75, 3.05) is 0 Å². The summed E-state index contributed by atoms with van der Waals surface area (Å²) in [5.74, 6) is 0.913. The fourth-order valence-corrected chi connectivity index (χ4v) is 3.27. The normalized spacial score (nSPS) is 13.6. The van der Waals surface area contributed by atoms with Gasteiger partial charge in [-0.15, -0.1) is 0 Å².